The van der Waals surface area contributed by atoms with Gasteiger partial charge in [0.2, 0.25) is 11.2 Å². The van der Waals surface area contributed by atoms with E-state index in [-0.39, 0.29) is 17.8 Å². The monoisotopic (exact) mass is 400 g/mol. The Hall–Kier alpha value is -3.86. The van der Waals surface area contributed by atoms with Crippen molar-refractivity contribution in [3.63, 3.8) is 0 Å². The number of rotatable bonds is 5. The fourth-order valence-electron chi connectivity index (χ4n) is 3.16. The highest BCUT2D eigenvalue weighted by Crippen LogP contribution is 2.31. The molecule has 4 aromatic rings. The van der Waals surface area contributed by atoms with E-state index in [4.69, 9.17) is 13.9 Å². The number of ether oxygens (including phenoxy) is 2. The van der Waals surface area contributed by atoms with Gasteiger partial charge in [0.05, 0.1) is 18.1 Å². The van der Waals surface area contributed by atoms with Crippen molar-refractivity contribution in [2.45, 2.75) is 13.5 Å². The Bertz CT molecular complexity index is 1250. The maximum absolute atomic E-state index is 13.1. The van der Waals surface area contributed by atoms with Crippen LogP contribution in [0, 0.1) is 6.92 Å². The Labute approximate surface area is 173 Å². The van der Waals surface area contributed by atoms with E-state index < -0.39 is 5.97 Å². The molecule has 30 heavy (non-hydrogen) atoms. The zero-order valence-corrected chi connectivity index (χ0v) is 16.7. The normalized spacial score (nSPS) is 10.7. The van der Waals surface area contributed by atoms with E-state index in [1.165, 1.54) is 7.11 Å². The van der Waals surface area contributed by atoms with Gasteiger partial charge in [-0.2, -0.15) is 0 Å². The van der Waals surface area contributed by atoms with E-state index in [1.54, 1.807) is 42.5 Å². The van der Waals surface area contributed by atoms with Crippen molar-refractivity contribution >= 4 is 16.9 Å². The molecule has 0 aliphatic heterocycles. The summed E-state index contributed by atoms with van der Waals surface area (Å²) in [6.07, 6.45) is 0. The predicted molar refractivity (Wildman–Crippen MR) is 115 cm³/mol. The van der Waals surface area contributed by atoms with E-state index in [1.807, 2.05) is 37.3 Å². The first kappa shape index (κ1) is 19.5. The Balaban J connectivity index is 1.72. The number of methoxy groups -OCH3 is 1. The molecule has 0 saturated carbocycles. The molecule has 0 N–H and O–H groups in total. The molecule has 1 heterocycles. The van der Waals surface area contributed by atoms with Gasteiger partial charge >= 0.3 is 5.97 Å². The van der Waals surface area contributed by atoms with Gasteiger partial charge in [-0.05, 0) is 36.8 Å². The molecule has 0 aliphatic rings. The van der Waals surface area contributed by atoms with Gasteiger partial charge in [0, 0.05) is 5.56 Å². The maximum atomic E-state index is 13.1. The number of fused-ring (bicyclic) bond motifs is 1. The number of benzene rings is 3. The minimum absolute atomic E-state index is 0.156. The third-order valence-corrected chi connectivity index (χ3v) is 4.83. The molecule has 0 radical (unpaired) electrons. The minimum Gasteiger partial charge on any atom is -0.481 e. The molecule has 0 unspecified atom stereocenters. The molecule has 0 spiro atoms. The van der Waals surface area contributed by atoms with Crippen LogP contribution in [0.1, 0.15) is 21.5 Å². The lowest BCUT2D eigenvalue weighted by atomic mass is 10.1. The molecule has 0 aliphatic carbocycles. The van der Waals surface area contributed by atoms with Crippen LogP contribution in [0.15, 0.2) is 82.0 Å². The number of hydrogen-bond acceptors (Lipinski definition) is 5. The van der Waals surface area contributed by atoms with Crippen LogP contribution >= 0.6 is 0 Å². The summed E-state index contributed by atoms with van der Waals surface area (Å²) < 4.78 is 16.7. The molecule has 3 aromatic carbocycles. The standard InChI is InChI=1S/C25H20O5/c1-16-7-11-18(12-8-16)23-24(22(26)20-5-3-4-6-21(20)30-23)29-15-17-9-13-19(14-10-17)25(27)28-2/h3-14H,15H2,1-2H3. The molecule has 0 saturated heterocycles. The largest absolute Gasteiger partial charge is 0.481 e. The lowest BCUT2D eigenvalue weighted by Gasteiger charge is -2.12. The maximum Gasteiger partial charge on any atom is 0.337 e. The second kappa shape index (κ2) is 8.25. The zero-order chi connectivity index (χ0) is 21.1. The van der Waals surface area contributed by atoms with Crippen LogP contribution < -0.4 is 10.2 Å². The summed E-state index contributed by atoms with van der Waals surface area (Å²) in [5.74, 6) is 0.152. The number of carbonyl (C=O) groups excluding carboxylic acids is 1. The first-order chi connectivity index (χ1) is 14.6. The highest BCUT2D eigenvalue weighted by Gasteiger charge is 2.18. The first-order valence-electron chi connectivity index (χ1n) is 9.50. The fourth-order valence-corrected chi connectivity index (χ4v) is 3.16. The Morgan fingerprint density at radius 1 is 0.933 bits per heavy atom. The van der Waals surface area contributed by atoms with Crippen molar-refractivity contribution < 1.29 is 18.7 Å². The summed E-state index contributed by atoms with van der Waals surface area (Å²) in [4.78, 5) is 24.7. The number of esters is 1. The van der Waals surface area contributed by atoms with Gasteiger partial charge in [-0.15, -0.1) is 0 Å². The van der Waals surface area contributed by atoms with E-state index >= 15 is 0 Å². The molecule has 4 rings (SSSR count). The van der Waals surface area contributed by atoms with Crippen molar-refractivity contribution in [3.05, 3.63) is 99.7 Å². The molecule has 150 valence electrons. The average molecular weight is 400 g/mol. The fraction of sp³-hybridized carbons (Fsp3) is 0.120. The number of carbonyl (C=O) groups is 1. The molecule has 5 nitrogen and oxygen atoms in total. The van der Waals surface area contributed by atoms with Crippen molar-refractivity contribution in [2.24, 2.45) is 0 Å². The second-order valence-electron chi connectivity index (χ2n) is 6.93. The van der Waals surface area contributed by atoms with Gasteiger partial charge < -0.3 is 13.9 Å². The summed E-state index contributed by atoms with van der Waals surface area (Å²) in [6.45, 7) is 2.15. The summed E-state index contributed by atoms with van der Waals surface area (Å²) >= 11 is 0. The van der Waals surface area contributed by atoms with E-state index in [2.05, 4.69) is 0 Å². The summed E-state index contributed by atoms with van der Waals surface area (Å²) in [5, 5.41) is 0.462. The molecular formula is C25H20O5. The van der Waals surface area contributed by atoms with Gasteiger partial charge in [-0.25, -0.2) is 4.79 Å². The minimum atomic E-state index is -0.403. The number of para-hydroxylation sites is 1. The molecule has 0 fully saturated rings. The van der Waals surface area contributed by atoms with Crippen molar-refractivity contribution in [1.29, 1.82) is 0 Å². The van der Waals surface area contributed by atoms with Crippen LogP contribution in [-0.2, 0) is 11.3 Å². The quantitative estimate of drug-likeness (QED) is 0.434. The van der Waals surface area contributed by atoms with Crippen LogP contribution in [0.2, 0.25) is 0 Å². The third-order valence-electron chi connectivity index (χ3n) is 4.83. The number of aryl methyl sites for hydroxylation is 1. The lowest BCUT2D eigenvalue weighted by Crippen LogP contribution is -2.10. The van der Waals surface area contributed by atoms with Gasteiger partial charge in [0.15, 0.2) is 5.76 Å². The lowest BCUT2D eigenvalue weighted by molar-refractivity contribution is 0.0600. The van der Waals surface area contributed by atoms with Gasteiger partial charge in [-0.1, -0.05) is 54.1 Å². The molecule has 0 atom stereocenters. The molecule has 5 heteroatoms. The van der Waals surface area contributed by atoms with Crippen LogP contribution in [0.25, 0.3) is 22.3 Å². The van der Waals surface area contributed by atoms with Gasteiger partial charge in [0.25, 0.3) is 0 Å². The van der Waals surface area contributed by atoms with Crippen LogP contribution in [-0.4, -0.2) is 13.1 Å². The Morgan fingerprint density at radius 3 is 2.33 bits per heavy atom. The SMILES string of the molecule is COC(=O)c1ccc(COc2c(-c3ccc(C)cc3)oc3ccccc3c2=O)cc1. The summed E-state index contributed by atoms with van der Waals surface area (Å²) in [5.41, 5.74) is 3.41. The molecule has 1 aromatic heterocycles. The van der Waals surface area contributed by atoms with Crippen molar-refractivity contribution in [1.82, 2.24) is 0 Å². The van der Waals surface area contributed by atoms with Crippen LogP contribution in [0.5, 0.6) is 5.75 Å². The van der Waals surface area contributed by atoms with Crippen molar-refractivity contribution in [2.75, 3.05) is 7.11 Å². The summed E-state index contributed by atoms with van der Waals surface area (Å²) in [7, 11) is 1.34. The molecular weight excluding hydrogens is 380 g/mol. The third kappa shape index (κ3) is 3.82. The predicted octanol–water partition coefficient (Wildman–Crippen LogP) is 5.13. The molecule has 0 amide bonds. The number of hydrogen-bond donors (Lipinski definition) is 0. The first-order valence-corrected chi connectivity index (χ1v) is 9.50. The smallest absolute Gasteiger partial charge is 0.337 e. The van der Waals surface area contributed by atoms with Crippen molar-refractivity contribution in [3.8, 4) is 17.1 Å². The van der Waals surface area contributed by atoms with E-state index in [0.29, 0.717) is 22.3 Å². The van der Waals surface area contributed by atoms with Gasteiger partial charge in [0.1, 0.15) is 12.2 Å². The summed E-state index contributed by atoms with van der Waals surface area (Å²) in [6, 6.07) is 21.7. The zero-order valence-electron chi connectivity index (χ0n) is 16.7. The topological polar surface area (TPSA) is 65.7 Å². The van der Waals surface area contributed by atoms with Gasteiger partial charge in [-0.3, -0.25) is 4.79 Å². The molecule has 0 bridgehead atoms. The van der Waals surface area contributed by atoms with Crippen LogP contribution in [0.3, 0.4) is 0 Å². The highest BCUT2D eigenvalue weighted by atomic mass is 16.5. The Morgan fingerprint density at radius 2 is 1.63 bits per heavy atom. The van der Waals surface area contributed by atoms with Crippen LogP contribution in [0.4, 0.5) is 0 Å². The second-order valence-corrected chi connectivity index (χ2v) is 6.93. The van der Waals surface area contributed by atoms with E-state index in [9.17, 15) is 9.59 Å². The highest BCUT2D eigenvalue weighted by molar-refractivity contribution is 5.89. The Kier molecular flexibility index (Phi) is 5.35. The average Bonchev–Trinajstić information content (AvgIpc) is 2.79. The van der Waals surface area contributed by atoms with E-state index in [0.717, 1.165) is 16.7 Å².